The van der Waals surface area contributed by atoms with Gasteiger partial charge < -0.3 is 15.4 Å². The molecule has 166 valence electrons. The zero-order valence-electron chi connectivity index (χ0n) is 17.9. The van der Waals surface area contributed by atoms with Gasteiger partial charge in [-0.2, -0.15) is 0 Å². The van der Waals surface area contributed by atoms with Crippen molar-refractivity contribution in [2.45, 2.75) is 32.8 Å². The lowest BCUT2D eigenvalue weighted by molar-refractivity contribution is -0.120. The van der Waals surface area contributed by atoms with Gasteiger partial charge in [0.15, 0.2) is 0 Å². The van der Waals surface area contributed by atoms with Gasteiger partial charge in [0.05, 0.1) is 11.8 Å². The van der Waals surface area contributed by atoms with Crippen molar-refractivity contribution in [3.8, 4) is 0 Å². The van der Waals surface area contributed by atoms with Gasteiger partial charge in [0.1, 0.15) is 10.7 Å². The highest BCUT2D eigenvalue weighted by Gasteiger charge is 2.39. The Balaban J connectivity index is 1.49. The van der Waals surface area contributed by atoms with Crippen LogP contribution in [0, 0.1) is 13.8 Å². The molecule has 1 fully saturated rings. The van der Waals surface area contributed by atoms with Crippen LogP contribution in [0.2, 0.25) is 0 Å². The number of nitrogens with one attached hydrogen (secondary N) is 2. The first kappa shape index (κ1) is 22.0. The van der Waals surface area contributed by atoms with Crippen LogP contribution in [-0.2, 0) is 14.3 Å². The van der Waals surface area contributed by atoms with Crippen LogP contribution in [0.5, 0.6) is 0 Å². The molecule has 8 heteroatoms. The Morgan fingerprint density at radius 3 is 2.56 bits per heavy atom. The summed E-state index contributed by atoms with van der Waals surface area (Å²) in [5.41, 5.74) is 3.21. The third-order valence-corrected chi connectivity index (χ3v) is 5.75. The Kier molecular flexibility index (Phi) is 6.30. The highest BCUT2D eigenvalue weighted by molar-refractivity contribution is 6.53. The number of benzene rings is 2. The molecule has 2 heterocycles. The fraction of sp³-hybridized carbons (Fsp3) is 0.292. The molecule has 32 heavy (non-hydrogen) atoms. The summed E-state index contributed by atoms with van der Waals surface area (Å²) in [5.74, 6) is -1.37. The Morgan fingerprint density at radius 2 is 1.88 bits per heavy atom. The molecule has 2 aliphatic heterocycles. The maximum absolute atomic E-state index is 13.0. The van der Waals surface area contributed by atoms with E-state index >= 15 is 0 Å². The molecule has 0 radical (unpaired) electrons. The van der Waals surface area contributed by atoms with Gasteiger partial charge >= 0.3 is 0 Å². The zero-order chi connectivity index (χ0) is 22.8. The van der Waals surface area contributed by atoms with Gasteiger partial charge in [-0.25, -0.2) is 4.90 Å². The minimum atomic E-state index is -0.588. The second kappa shape index (κ2) is 9.14. The van der Waals surface area contributed by atoms with E-state index in [0.717, 1.165) is 35.5 Å². The first-order valence-electron chi connectivity index (χ1n) is 10.5. The molecule has 2 aromatic rings. The van der Waals surface area contributed by atoms with Crippen LogP contribution < -0.4 is 15.5 Å². The van der Waals surface area contributed by atoms with E-state index in [1.807, 2.05) is 19.9 Å². The number of ether oxygens (including phenoxy) is 1. The first-order valence-corrected chi connectivity index (χ1v) is 10.8. The van der Waals surface area contributed by atoms with Gasteiger partial charge in [-0.15, -0.1) is 0 Å². The molecule has 1 unspecified atom stereocenters. The molecule has 0 spiro atoms. The number of imide groups is 1. The Hall–Kier alpha value is -3.16. The lowest BCUT2D eigenvalue weighted by Crippen LogP contribution is -2.32. The number of carbonyl (C=O) groups is 3. The smallest absolute Gasteiger partial charge is 0.283 e. The number of carbonyl (C=O) groups excluding carboxylic acids is 3. The van der Waals surface area contributed by atoms with Crippen LogP contribution in [0.3, 0.4) is 0 Å². The summed E-state index contributed by atoms with van der Waals surface area (Å²) in [4.78, 5) is 39.3. The SMILES string of the molecule is Cc1cc(C)cc(N2C(=O)C(Cl)=C(Nc3cccc(C(=O)NCC4CCCO4)c3)C2=O)c1. The van der Waals surface area contributed by atoms with Crippen LogP contribution in [-0.4, -0.2) is 37.0 Å². The number of rotatable bonds is 6. The number of hydrogen-bond donors (Lipinski definition) is 2. The molecule has 0 saturated carbocycles. The molecule has 2 aliphatic rings. The third-order valence-electron chi connectivity index (χ3n) is 5.40. The van der Waals surface area contributed by atoms with Crippen molar-refractivity contribution in [3.63, 3.8) is 0 Å². The summed E-state index contributed by atoms with van der Waals surface area (Å²) in [6.45, 7) is 4.96. The molecule has 2 aromatic carbocycles. The van der Waals surface area contributed by atoms with Gasteiger partial charge in [0.2, 0.25) is 0 Å². The van der Waals surface area contributed by atoms with Crippen LogP contribution in [0.15, 0.2) is 53.2 Å². The van der Waals surface area contributed by atoms with Gasteiger partial charge in [0.25, 0.3) is 17.7 Å². The summed E-state index contributed by atoms with van der Waals surface area (Å²) in [6, 6.07) is 12.2. The molecule has 0 aliphatic carbocycles. The second-order valence-corrected chi connectivity index (χ2v) is 8.41. The quantitative estimate of drug-likeness (QED) is 0.652. The van der Waals surface area contributed by atoms with Crippen LogP contribution >= 0.6 is 11.6 Å². The van der Waals surface area contributed by atoms with Gasteiger partial charge in [0, 0.05) is 24.4 Å². The van der Waals surface area contributed by atoms with E-state index in [0.29, 0.717) is 23.5 Å². The average Bonchev–Trinajstić information content (AvgIpc) is 3.34. The number of nitrogens with zero attached hydrogens (tertiary/aromatic N) is 1. The highest BCUT2D eigenvalue weighted by atomic mass is 35.5. The van der Waals surface area contributed by atoms with Crippen molar-refractivity contribution in [1.82, 2.24) is 5.32 Å². The summed E-state index contributed by atoms with van der Waals surface area (Å²) in [6.07, 6.45) is 1.98. The van der Waals surface area contributed by atoms with Crippen molar-refractivity contribution >= 4 is 40.7 Å². The van der Waals surface area contributed by atoms with E-state index in [1.165, 1.54) is 0 Å². The van der Waals surface area contributed by atoms with Crippen LogP contribution in [0.1, 0.15) is 34.3 Å². The topological polar surface area (TPSA) is 87.7 Å². The highest BCUT2D eigenvalue weighted by Crippen LogP contribution is 2.31. The number of hydrogen-bond acceptors (Lipinski definition) is 5. The number of halogens is 1. The van der Waals surface area contributed by atoms with Crippen molar-refractivity contribution in [2.24, 2.45) is 0 Å². The van der Waals surface area contributed by atoms with Crippen molar-refractivity contribution in [3.05, 3.63) is 69.9 Å². The lowest BCUT2D eigenvalue weighted by Gasteiger charge is -2.16. The van der Waals surface area contributed by atoms with Gasteiger partial charge in [-0.1, -0.05) is 23.7 Å². The van der Waals surface area contributed by atoms with E-state index in [1.54, 1.807) is 36.4 Å². The zero-order valence-corrected chi connectivity index (χ0v) is 18.7. The predicted molar refractivity (Wildman–Crippen MR) is 123 cm³/mol. The Labute approximate surface area is 191 Å². The van der Waals surface area contributed by atoms with Crippen LogP contribution in [0.25, 0.3) is 0 Å². The second-order valence-electron chi connectivity index (χ2n) is 8.03. The lowest BCUT2D eigenvalue weighted by atomic mass is 10.1. The van der Waals surface area contributed by atoms with E-state index in [-0.39, 0.29) is 22.7 Å². The number of anilines is 2. The molecule has 7 nitrogen and oxygen atoms in total. The monoisotopic (exact) mass is 453 g/mol. The van der Waals surface area contributed by atoms with Crippen molar-refractivity contribution < 1.29 is 19.1 Å². The molecule has 0 aromatic heterocycles. The minimum Gasteiger partial charge on any atom is -0.376 e. The molecule has 2 N–H and O–H groups in total. The molecular weight excluding hydrogens is 430 g/mol. The molecule has 1 atom stereocenters. The molecule has 3 amide bonds. The maximum atomic E-state index is 13.0. The Morgan fingerprint density at radius 1 is 1.12 bits per heavy atom. The summed E-state index contributed by atoms with van der Waals surface area (Å²) in [5, 5.41) is 5.60. The standard InChI is InChI=1S/C24H24ClN3O4/c1-14-9-15(2)11-18(10-14)28-23(30)20(25)21(24(28)31)27-17-6-3-5-16(12-17)22(29)26-13-19-7-4-8-32-19/h3,5-6,9-12,19,27H,4,7-8,13H2,1-2H3,(H,26,29). The molecule has 0 bridgehead atoms. The fourth-order valence-corrected chi connectivity index (χ4v) is 4.13. The molecule has 1 saturated heterocycles. The van der Waals surface area contributed by atoms with Crippen molar-refractivity contribution in [2.75, 3.05) is 23.4 Å². The molecule has 4 rings (SSSR count). The van der Waals surface area contributed by atoms with Crippen molar-refractivity contribution in [1.29, 1.82) is 0 Å². The fourth-order valence-electron chi connectivity index (χ4n) is 3.92. The summed E-state index contributed by atoms with van der Waals surface area (Å²) in [7, 11) is 0. The largest absolute Gasteiger partial charge is 0.376 e. The van der Waals surface area contributed by atoms with E-state index < -0.39 is 11.8 Å². The third kappa shape index (κ3) is 4.54. The normalized spacial score (nSPS) is 18.5. The minimum absolute atomic E-state index is 0.0206. The number of aryl methyl sites for hydroxylation is 2. The van der Waals surface area contributed by atoms with Gasteiger partial charge in [-0.3, -0.25) is 14.4 Å². The number of amides is 3. The predicted octanol–water partition coefficient (Wildman–Crippen LogP) is 3.65. The van der Waals surface area contributed by atoms with E-state index in [2.05, 4.69) is 10.6 Å². The van der Waals surface area contributed by atoms with E-state index in [4.69, 9.17) is 16.3 Å². The maximum Gasteiger partial charge on any atom is 0.283 e. The first-order chi connectivity index (χ1) is 15.3. The average molecular weight is 454 g/mol. The van der Waals surface area contributed by atoms with E-state index in [9.17, 15) is 14.4 Å². The summed E-state index contributed by atoms with van der Waals surface area (Å²) >= 11 is 6.23. The van der Waals surface area contributed by atoms with Crippen LogP contribution in [0.4, 0.5) is 11.4 Å². The summed E-state index contributed by atoms with van der Waals surface area (Å²) < 4.78 is 5.52. The Bertz CT molecular complexity index is 1100. The van der Waals surface area contributed by atoms with Gasteiger partial charge in [-0.05, 0) is 68.1 Å². The molecular formula is C24H24ClN3O4.